The Balaban J connectivity index is 1.83. The molecule has 1 aromatic carbocycles. The van der Waals surface area contributed by atoms with Crippen LogP contribution in [0.1, 0.15) is 26.7 Å². The van der Waals surface area contributed by atoms with E-state index in [1.807, 2.05) is 24.3 Å². The Morgan fingerprint density at radius 2 is 2.12 bits per heavy atom. The molecule has 0 aliphatic carbocycles. The van der Waals surface area contributed by atoms with Crippen LogP contribution in [0.5, 0.6) is 5.75 Å². The Morgan fingerprint density at radius 1 is 1.36 bits per heavy atom. The van der Waals surface area contributed by atoms with Gasteiger partial charge in [-0.3, -0.25) is 9.59 Å². The van der Waals surface area contributed by atoms with Gasteiger partial charge in [-0.25, -0.2) is 0 Å². The van der Waals surface area contributed by atoms with Crippen LogP contribution in [0.15, 0.2) is 24.3 Å². The molecule has 0 spiro atoms. The third-order valence-electron chi connectivity index (χ3n) is 4.87. The van der Waals surface area contributed by atoms with Gasteiger partial charge in [0.25, 0.3) is 0 Å². The lowest BCUT2D eigenvalue weighted by Crippen LogP contribution is -3.11. The van der Waals surface area contributed by atoms with Crippen LogP contribution in [-0.2, 0) is 9.59 Å². The number of carbonyl (C=O) groups is 2. The van der Waals surface area contributed by atoms with Crippen molar-refractivity contribution in [3.05, 3.63) is 24.3 Å². The van der Waals surface area contributed by atoms with Gasteiger partial charge in [0, 0.05) is 37.7 Å². The molecule has 1 atom stereocenters. The van der Waals surface area contributed by atoms with Crippen LogP contribution in [0.4, 0.5) is 5.69 Å². The summed E-state index contributed by atoms with van der Waals surface area (Å²) in [6, 6.07) is 7.38. The number of quaternary nitrogens is 1. The molecule has 0 saturated carbocycles. The molecule has 2 rings (SSSR count). The smallest absolute Gasteiger partial charge is 0.227 e. The Hall–Kier alpha value is -2.08. The van der Waals surface area contributed by atoms with Crippen LogP contribution >= 0.6 is 0 Å². The molecule has 6 heteroatoms. The van der Waals surface area contributed by atoms with E-state index in [1.54, 1.807) is 12.0 Å². The lowest BCUT2D eigenvalue weighted by Gasteiger charge is -2.18. The van der Waals surface area contributed by atoms with Gasteiger partial charge < -0.3 is 19.9 Å². The van der Waals surface area contributed by atoms with E-state index >= 15 is 0 Å². The maximum atomic E-state index is 12.4. The van der Waals surface area contributed by atoms with Crippen LogP contribution in [0.25, 0.3) is 0 Å². The van der Waals surface area contributed by atoms with Crippen molar-refractivity contribution in [1.29, 1.82) is 0 Å². The number of nitrogens with one attached hydrogen (secondary N) is 2. The summed E-state index contributed by atoms with van der Waals surface area (Å²) in [5.41, 5.74) is 0.782. The van der Waals surface area contributed by atoms with Crippen molar-refractivity contribution in [2.75, 3.05) is 44.7 Å². The van der Waals surface area contributed by atoms with Crippen molar-refractivity contribution in [3.63, 3.8) is 0 Å². The molecular formula is C19H30N3O3+. The summed E-state index contributed by atoms with van der Waals surface area (Å²) < 4.78 is 5.21. The number of carbonyl (C=O) groups excluding carboxylic acids is 2. The van der Waals surface area contributed by atoms with E-state index in [4.69, 9.17) is 4.74 Å². The van der Waals surface area contributed by atoms with Gasteiger partial charge in [0.1, 0.15) is 5.75 Å². The van der Waals surface area contributed by atoms with Crippen molar-refractivity contribution in [2.45, 2.75) is 26.7 Å². The first kappa shape index (κ1) is 19.2. The largest absolute Gasteiger partial charge is 0.497 e. The number of anilines is 1. The zero-order valence-electron chi connectivity index (χ0n) is 15.5. The van der Waals surface area contributed by atoms with Gasteiger partial charge in [-0.05, 0) is 26.0 Å². The number of benzene rings is 1. The quantitative estimate of drug-likeness (QED) is 0.638. The van der Waals surface area contributed by atoms with Crippen molar-refractivity contribution in [3.8, 4) is 5.75 Å². The van der Waals surface area contributed by atoms with Gasteiger partial charge in [0.2, 0.25) is 11.8 Å². The number of hydrogen-bond acceptors (Lipinski definition) is 3. The Bertz CT molecular complexity index is 587. The molecule has 1 saturated heterocycles. The first-order valence-corrected chi connectivity index (χ1v) is 9.14. The number of rotatable bonds is 9. The molecular weight excluding hydrogens is 318 g/mol. The van der Waals surface area contributed by atoms with E-state index in [9.17, 15) is 9.59 Å². The van der Waals surface area contributed by atoms with Crippen LogP contribution in [0, 0.1) is 5.92 Å². The highest BCUT2D eigenvalue weighted by Gasteiger charge is 2.35. The predicted molar refractivity (Wildman–Crippen MR) is 98.0 cm³/mol. The third-order valence-corrected chi connectivity index (χ3v) is 4.87. The minimum atomic E-state index is -0.278. The molecule has 0 aromatic heterocycles. The van der Waals surface area contributed by atoms with Gasteiger partial charge in [0.05, 0.1) is 32.7 Å². The summed E-state index contributed by atoms with van der Waals surface area (Å²) in [5, 5.41) is 2.99. The SMILES string of the molecule is CC[NH+](CC)CCCNC(=O)[C@@H]1CC(=O)N(c2cccc(OC)c2)C1. The third kappa shape index (κ3) is 5.19. The second kappa shape index (κ2) is 9.42. The van der Waals surface area contributed by atoms with Crippen molar-refractivity contribution < 1.29 is 19.2 Å². The summed E-state index contributed by atoms with van der Waals surface area (Å²) in [7, 11) is 1.60. The molecule has 0 radical (unpaired) electrons. The molecule has 1 aliphatic heterocycles. The van der Waals surface area contributed by atoms with Crippen LogP contribution in [0.2, 0.25) is 0 Å². The first-order chi connectivity index (χ1) is 12.1. The van der Waals surface area contributed by atoms with E-state index in [0.717, 1.165) is 31.7 Å². The minimum Gasteiger partial charge on any atom is -0.497 e. The van der Waals surface area contributed by atoms with Crippen LogP contribution < -0.4 is 19.9 Å². The first-order valence-electron chi connectivity index (χ1n) is 9.14. The number of methoxy groups -OCH3 is 1. The van der Waals surface area contributed by atoms with E-state index in [-0.39, 0.29) is 24.2 Å². The maximum absolute atomic E-state index is 12.4. The van der Waals surface area contributed by atoms with Crippen LogP contribution in [-0.4, -0.2) is 51.6 Å². The fourth-order valence-corrected chi connectivity index (χ4v) is 3.21. The van der Waals surface area contributed by atoms with Crippen molar-refractivity contribution >= 4 is 17.5 Å². The predicted octanol–water partition coefficient (Wildman–Crippen LogP) is 0.479. The fraction of sp³-hybridized carbons (Fsp3) is 0.579. The monoisotopic (exact) mass is 348 g/mol. The summed E-state index contributed by atoms with van der Waals surface area (Å²) in [6.07, 6.45) is 1.23. The van der Waals surface area contributed by atoms with Gasteiger partial charge in [-0.1, -0.05) is 6.07 Å². The average molecular weight is 348 g/mol. The molecule has 1 fully saturated rings. The molecule has 138 valence electrons. The number of amides is 2. The van der Waals surface area contributed by atoms with Crippen molar-refractivity contribution in [2.24, 2.45) is 5.92 Å². The molecule has 0 bridgehead atoms. The maximum Gasteiger partial charge on any atom is 0.227 e. The standard InChI is InChI=1S/C19H29N3O3/c1-4-21(5-2)11-7-10-20-19(24)15-12-18(23)22(14-15)16-8-6-9-17(13-16)25-3/h6,8-9,13,15H,4-5,7,10-12,14H2,1-3H3,(H,20,24)/p+1/t15-/m1/s1. The second-order valence-electron chi connectivity index (χ2n) is 6.46. The van der Waals surface area contributed by atoms with Gasteiger partial charge >= 0.3 is 0 Å². The highest BCUT2D eigenvalue weighted by atomic mass is 16.5. The molecule has 0 unspecified atom stereocenters. The molecule has 2 N–H and O–H groups in total. The number of nitrogens with zero attached hydrogens (tertiary/aromatic N) is 1. The topological polar surface area (TPSA) is 63.1 Å². The normalized spacial score (nSPS) is 17.2. The van der Waals surface area contributed by atoms with Crippen LogP contribution in [0.3, 0.4) is 0 Å². The molecule has 2 amide bonds. The lowest BCUT2D eigenvalue weighted by atomic mass is 10.1. The zero-order chi connectivity index (χ0) is 18.2. The van der Waals surface area contributed by atoms with E-state index in [0.29, 0.717) is 18.8 Å². The molecule has 6 nitrogen and oxygen atoms in total. The Labute approximate surface area is 150 Å². The van der Waals surface area contributed by atoms with E-state index < -0.39 is 0 Å². The minimum absolute atomic E-state index is 0.0130. The summed E-state index contributed by atoms with van der Waals surface area (Å²) >= 11 is 0. The van der Waals surface area contributed by atoms with Gasteiger partial charge in [-0.15, -0.1) is 0 Å². The van der Waals surface area contributed by atoms with Gasteiger partial charge in [0.15, 0.2) is 0 Å². The molecule has 1 aliphatic rings. The Kier molecular flexibility index (Phi) is 7.25. The summed E-state index contributed by atoms with van der Waals surface area (Å²) in [6.45, 7) is 8.73. The van der Waals surface area contributed by atoms with E-state index in [2.05, 4.69) is 19.2 Å². The van der Waals surface area contributed by atoms with Crippen molar-refractivity contribution in [1.82, 2.24) is 5.32 Å². The molecule has 1 aromatic rings. The lowest BCUT2D eigenvalue weighted by molar-refractivity contribution is -0.896. The fourth-order valence-electron chi connectivity index (χ4n) is 3.21. The molecule has 25 heavy (non-hydrogen) atoms. The Morgan fingerprint density at radius 3 is 2.80 bits per heavy atom. The zero-order valence-corrected chi connectivity index (χ0v) is 15.5. The van der Waals surface area contributed by atoms with Gasteiger partial charge in [-0.2, -0.15) is 0 Å². The molecule has 1 heterocycles. The number of hydrogen-bond donors (Lipinski definition) is 2. The summed E-state index contributed by atoms with van der Waals surface area (Å²) in [5.74, 6) is 0.394. The average Bonchev–Trinajstić information content (AvgIpc) is 3.03. The number of ether oxygens (including phenoxy) is 1. The highest BCUT2D eigenvalue weighted by Crippen LogP contribution is 2.27. The summed E-state index contributed by atoms with van der Waals surface area (Å²) in [4.78, 5) is 27.9. The second-order valence-corrected chi connectivity index (χ2v) is 6.46. The highest BCUT2D eigenvalue weighted by molar-refractivity contribution is 6.00. The van der Waals surface area contributed by atoms with E-state index in [1.165, 1.54) is 4.90 Å².